The van der Waals surface area contributed by atoms with Gasteiger partial charge in [0.25, 0.3) is 5.91 Å². The highest BCUT2D eigenvalue weighted by Crippen LogP contribution is 2.34. The van der Waals surface area contributed by atoms with Gasteiger partial charge in [0.05, 0.1) is 5.69 Å². The molecule has 2 aromatic carbocycles. The van der Waals surface area contributed by atoms with E-state index in [1.54, 1.807) is 0 Å². The average Bonchev–Trinajstić information content (AvgIpc) is 2.77. The Hall–Kier alpha value is -2.33. The highest BCUT2D eigenvalue weighted by atomic mass is 32.1. The molecule has 0 fully saturated rings. The third-order valence-electron chi connectivity index (χ3n) is 3.12. The molecule has 0 aliphatic rings. The standard InChI is InChI=1S/C16H14N2OS/c1-10-7-8-13-12(9-10)14(17)15(20-13)16(19)18-11-5-3-2-4-6-11/h2-9H,17H2,1H3,(H,18,19). The molecule has 0 atom stereocenters. The minimum absolute atomic E-state index is 0.160. The largest absolute Gasteiger partial charge is 0.397 e. The summed E-state index contributed by atoms with van der Waals surface area (Å²) < 4.78 is 1.03. The van der Waals surface area contributed by atoms with E-state index in [-0.39, 0.29) is 5.91 Å². The third kappa shape index (κ3) is 2.26. The lowest BCUT2D eigenvalue weighted by Crippen LogP contribution is -2.11. The van der Waals surface area contributed by atoms with Crippen molar-refractivity contribution in [1.82, 2.24) is 0 Å². The fourth-order valence-corrected chi connectivity index (χ4v) is 3.11. The molecule has 0 spiro atoms. The first kappa shape index (κ1) is 12.7. The van der Waals surface area contributed by atoms with E-state index in [1.165, 1.54) is 11.3 Å². The molecule has 3 aromatic rings. The summed E-state index contributed by atoms with van der Waals surface area (Å²) >= 11 is 1.42. The summed E-state index contributed by atoms with van der Waals surface area (Å²) in [6.45, 7) is 2.01. The summed E-state index contributed by atoms with van der Waals surface area (Å²) in [5, 5.41) is 3.82. The molecule has 1 aromatic heterocycles. The molecule has 0 saturated carbocycles. The van der Waals surface area contributed by atoms with Gasteiger partial charge in [-0.15, -0.1) is 11.3 Å². The zero-order valence-corrected chi connectivity index (χ0v) is 11.8. The first-order chi connectivity index (χ1) is 9.65. The van der Waals surface area contributed by atoms with Crippen molar-refractivity contribution in [2.75, 3.05) is 11.1 Å². The number of hydrogen-bond donors (Lipinski definition) is 2. The van der Waals surface area contributed by atoms with Gasteiger partial charge >= 0.3 is 0 Å². The maximum atomic E-state index is 12.3. The molecule has 0 aliphatic carbocycles. The van der Waals surface area contributed by atoms with Gasteiger partial charge in [0.2, 0.25) is 0 Å². The van der Waals surface area contributed by atoms with Crippen LogP contribution in [0.5, 0.6) is 0 Å². The molecule has 0 radical (unpaired) electrons. The Kier molecular flexibility index (Phi) is 3.16. The maximum absolute atomic E-state index is 12.3. The van der Waals surface area contributed by atoms with E-state index in [1.807, 2.05) is 55.5 Å². The number of carbonyl (C=O) groups is 1. The van der Waals surface area contributed by atoms with Crippen molar-refractivity contribution in [3.05, 3.63) is 59.0 Å². The minimum atomic E-state index is -0.160. The summed E-state index contributed by atoms with van der Waals surface area (Å²) in [4.78, 5) is 12.9. The van der Waals surface area contributed by atoms with Crippen molar-refractivity contribution in [2.45, 2.75) is 6.92 Å². The number of thiophene rings is 1. The number of benzene rings is 2. The Morgan fingerprint density at radius 2 is 1.90 bits per heavy atom. The van der Waals surface area contributed by atoms with Crippen LogP contribution >= 0.6 is 11.3 Å². The SMILES string of the molecule is Cc1ccc2sc(C(=O)Nc3ccccc3)c(N)c2c1. The Balaban J connectivity index is 1.98. The molecular weight excluding hydrogens is 268 g/mol. The Morgan fingerprint density at radius 1 is 1.15 bits per heavy atom. The number of aryl methyl sites for hydroxylation is 1. The van der Waals surface area contributed by atoms with Crippen LogP contribution in [0.1, 0.15) is 15.2 Å². The highest BCUT2D eigenvalue weighted by molar-refractivity contribution is 7.21. The van der Waals surface area contributed by atoms with Gasteiger partial charge in [0, 0.05) is 15.8 Å². The molecule has 100 valence electrons. The summed E-state index contributed by atoms with van der Waals surface area (Å²) in [5.74, 6) is -0.160. The molecule has 0 aliphatic heterocycles. The van der Waals surface area contributed by atoms with Crippen molar-refractivity contribution in [3.8, 4) is 0 Å². The van der Waals surface area contributed by atoms with E-state index < -0.39 is 0 Å². The Labute approximate surface area is 121 Å². The molecule has 20 heavy (non-hydrogen) atoms. The van der Waals surface area contributed by atoms with Gasteiger partial charge in [-0.05, 0) is 31.2 Å². The zero-order chi connectivity index (χ0) is 14.1. The summed E-state index contributed by atoms with van der Waals surface area (Å²) in [7, 11) is 0. The second-order valence-corrected chi connectivity index (χ2v) is 5.72. The van der Waals surface area contributed by atoms with E-state index in [0.717, 1.165) is 21.3 Å². The lowest BCUT2D eigenvalue weighted by molar-refractivity contribution is 0.103. The number of nitrogens with one attached hydrogen (secondary N) is 1. The molecule has 1 amide bonds. The van der Waals surface area contributed by atoms with Gasteiger partial charge in [0.1, 0.15) is 4.88 Å². The molecule has 3 N–H and O–H groups in total. The topological polar surface area (TPSA) is 55.1 Å². The first-order valence-electron chi connectivity index (χ1n) is 6.30. The number of carbonyl (C=O) groups excluding carboxylic acids is 1. The number of hydrogen-bond acceptors (Lipinski definition) is 3. The van der Waals surface area contributed by atoms with Gasteiger partial charge in [0.15, 0.2) is 0 Å². The third-order valence-corrected chi connectivity index (χ3v) is 4.31. The molecule has 1 heterocycles. The normalized spacial score (nSPS) is 10.7. The van der Waals surface area contributed by atoms with E-state index >= 15 is 0 Å². The number of anilines is 2. The predicted octanol–water partition coefficient (Wildman–Crippen LogP) is 4.04. The van der Waals surface area contributed by atoms with Crippen molar-refractivity contribution < 1.29 is 4.79 Å². The Morgan fingerprint density at radius 3 is 2.65 bits per heavy atom. The fourth-order valence-electron chi connectivity index (χ4n) is 2.11. The van der Waals surface area contributed by atoms with Gasteiger partial charge in [-0.2, -0.15) is 0 Å². The Bertz CT molecular complexity index is 778. The monoisotopic (exact) mass is 282 g/mol. The number of fused-ring (bicyclic) bond motifs is 1. The maximum Gasteiger partial charge on any atom is 0.267 e. The quantitative estimate of drug-likeness (QED) is 0.745. The van der Waals surface area contributed by atoms with Gasteiger partial charge in [-0.25, -0.2) is 0 Å². The van der Waals surface area contributed by atoms with Crippen LogP contribution < -0.4 is 11.1 Å². The molecular formula is C16H14N2OS. The lowest BCUT2D eigenvalue weighted by atomic mass is 10.1. The van der Waals surface area contributed by atoms with Crippen LogP contribution in [0.3, 0.4) is 0 Å². The highest BCUT2D eigenvalue weighted by Gasteiger charge is 2.16. The zero-order valence-electron chi connectivity index (χ0n) is 11.0. The van der Waals surface area contributed by atoms with Gasteiger partial charge in [-0.1, -0.05) is 29.8 Å². The van der Waals surface area contributed by atoms with E-state index in [2.05, 4.69) is 5.32 Å². The van der Waals surface area contributed by atoms with Crippen LogP contribution in [0, 0.1) is 6.92 Å². The van der Waals surface area contributed by atoms with Crippen LogP contribution in [0.15, 0.2) is 48.5 Å². The predicted molar refractivity (Wildman–Crippen MR) is 85.4 cm³/mol. The van der Waals surface area contributed by atoms with Gasteiger partial charge in [-0.3, -0.25) is 4.79 Å². The second kappa shape index (κ2) is 4.98. The van der Waals surface area contributed by atoms with Crippen molar-refractivity contribution >= 4 is 38.7 Å². The van der Waals surface area contributed by atoms with Crippen LogP contribution in [-0.4, -0.2) is 5.91 Å². The smallest absolute Gasteiger partial charge is 0.267 e. The molecule has 3 rings (SSSR count). The number of amides is 1. The second-order valence-electron chi connectivity index (χ2n) is 4.66. The molecule has 4 heteroatoms. The van der Waals surface area contributed by atoms with Crippen LogP contribution in [-0.2, 0) is 0 Å². The van der Waals surface area contributed by atoms with E-state index in [9.17, 15) is 4.79 Å². The molecule has 0 bridgehead atoms. The van der Waals surface area contributed by atoms with E-state index in [0.29, 0.717) is 10.6 Å². The summed E-state index contributed by atoms with van der Waals surface area (Å²) in [6.07, 6.45) is 0. The number of para-hydroxylation sites is 1. The fraction of sp³-hybridized carbons (Fsp3) is 0.0625. The van der Waals surface area contributed by atoms with Crippen LogP contribution in [0.2, 0.25) is 0 Å². The van der Waals surface area contributed by atoms with Crippen molar-refractivity contribution in [1.29, 1.82) is 0 Å². The number of nitrogens with two attached hydrogens (primary N) is 1. The summed E-state index contributed by atoms with van der Waals surface area (Å²) in [6, 6.07) is 15.4. The first-order valence-corrected chi connectivity index (χ1v) is 7.12. The molecule has 3 nitrogen and oxygen atoms in total. The average molecular weight is 282 g/mol. The summed E-state index contributed by atoms with van der Waals surface area (Å²) in [5.41, 5.74) is 8.57. The number of rotatable bonds is 2. The number of nitrogen functional groups attached to an aromatic ring is 1. The van der Waals surface area contributed by atoms with E-state index in [4.69, 9.17) is 5.73 Å². The van der Waals surface area contributed by atoms with Crippen molar-refractivity contribution in [3.63, 3.8) is 0 Å². The molecule has 0 saturated heterocycles. The minimum Gasteiger partial charge on any atom is -0.397 e. The lowest BCUT2D eigenvalue weighted by Gasteiger charge is -2.03. The van der Waals surface area contributed by atoms with Gasteiger partial charge < -0.3 is 11.1 Å². The van der Waals surface area contributed by atoms with Crippen LogP contribution in [0.4, 0.5) is 11.4 Å². The van der Waals surface area contributed by atoms with Crippen molar-refractivity contribution in [2.24, 2.45) is 0 Å². The van der Waals surface area contributed by atoms with Crippen LogP contribution in [0.25, 0.3) is 10.1 Å². The molecule has 0 unspecified atom stereocenters.